The third-order valence-corrected chi connectivity index (χ3v) is 2.90. The zero-order chi connectivity index (χ0) is 10.5. The second-order valence-corrected chi connectivity index (χ2v) is 4.10. The number of aromatic nitrogens is 1. The molecule has 0 spiro atoms. The molecule has 1 aliphatic heterocycles. The van der Waals surface area contributed by atoms with E-state index >= 15 is 0 Å². The predicted molar refractivity (Wildman–Crippen MR) is 63.1 cm³/mol. The zero-order valence-corrected chi connectivity index (χ0v) is 9.32. The number of nitrogens with zero attached hydrogens (tertiary/aromatic N) is 2. The van der Waals surface area contributed by atoms with Gasteiger partial charge in [0.1, 0.15) is 0 Å². The van der Waals surface area contributed by atoms with Gasteiger partial charge in [0.25, 0.3) is 0 Å². The van der Waals surface area contributed by atoms with Gasteiger partial charge in [-0.2, -0.15) is 0 Å². The third-order valence-electron chi connectivity index (χ3n) is 2.90. The minimum absolute atomic E-state index is 0.643. The van der Waals surface area contributed by atoms with E-state index in [1.54, 1.807) is 0 Å². The van der Waals surface area contributed by atoms with Crippen LogP contribution in [0.4, 0.5) is 5.69 Å². The first-order valence-corrected chi connectivity index (χ1v) is 5.78. The summed E-state index contributed by atoms with van der Waals surface area (Å²) >= 11 is 0. The van der Waals surface area contributed by atoms with E-state index < -0.39 is 0 Å². The normalized spacial score (nSPS) is 21.7. The quantitative estimate of drug-likeness (QED) is 0.813. The van der Waals surface area contributed by atoms with Gasteiger partial charge in [0.05, 0.1) is 11.9 Å². The smallest absolute Gasteiger partial charge is 0.0553 e. The van der Waals surface area contributed by atoms with Crippen molar-refractivity contribution in [2.24, 2.45) is 0 Å². The van der Waals surface area contributed by atoms with Crippen molar-refractivity contribution in [1.82, 2.24) is 10.3 Å². The van der Waals surface area contributed by atoms with Crippen molar-refractivity contribution in [3.8, 4) is 0 Å². The molecule has 0 radical (unpaired) electrons. The summed E-state index contributed by atoms with van der Waals surface area (Å²) < 4.78 is 0. The summed E-state index contributed by atoms with van der Waals surface area (Å²) in [7, 11) is 0. The van der Waals surface area contributed by atoms with E-state index in [4.69, 9.17) is 0 Å². The maximum absolute atomic E-state index is 4.17. The van der Waals surface area contributed by atoms with Crippen LogP contribution in [0.3, 0.4) is 0 Å². The molecule has 1 saturated heterocycles. The molecule has 1 aliphatic rings. The molecule has 0 bridgehead atoms. The van der Waals surface area contributed by atoms with E-state index in [1.165, 1.54) is 18.5 Å². The Labute approximate surface area is 91.5 Å². The first kappa shape index (κ1) is 10.4. The molecule has 1 aromatic heterocycles. The fraction of sp³-hybridized carbons (Fsp3) is 0.583. The molecule has 1 atom stereocenters. The maximum atomic E-state index is 4.17. The molecule has 0 aliphatic carbocycles. The minimum Gasteiger partial charge on any atom is -0.367 e. The van der Waals surface area contributed by atoms with Gasteiger partial charge in [-0.05, 0) is 18.6 Å². The van der Waals surface area contributed by atoms with Crippen LogP contribution in [0.15, 0.2) is 24.5 Å². The average molecular weight is 205 g/mol. The van der Waals surface area contributed by atoms with E-state index in [0.29, 0.717) is 6.04 Å². The van der Waals surface area contributed by atoms with Crippen LogP contribution in [0.5, 0.6) is 0 Å². The van der Waals surface area contributed by atoms with E-state index in [2.05, 4.69) is 28.2 Å². The molecule has 2 heterocycles. The zero-order valence-electron chi connectivity index (χ0n) is 9.32. The Bertz CT molecular complexity index is 284. The van der Waals surface area contributed by atoms with Gasteiger partial charge >= 0.3 is 0 Å². The molecule has 0 amide bonds. The molecule has 2 rings (SSSR count). The second kappa shape index (κ2) is 5.12. The molecular weight excluding hydrogens is 186 g/mol. The summed E-state index contributed by atoms with van der Waals surface area (Å²) in [5, 5.41) is 3.56. The van der Waals surface area contributed by atoms with Crippen molar-refractivity contribution >= 4 is 5.69 Å². The number of nitrogens with one attached hydrogen (secondary N) is 1. The van der Waals surface area contributed by atoms with Gasteiger partial charge < -0.3 is 10.2 Å². The fourth-order valence-electron chi connectivity index (χ4n) is 2.14. The van der Waals surface area contributed by atoms with Crippen molar-refractivity contribution in [3.05, 3.63) is 24.5 Å². The molecule has 3 nitrogen and oxygen atoms in total. The minimum atomic E-state index is 0.643. The van der Waals surface area contributed by atoms with Crippen molar-refractivity contribution in [1.29, 1.82) is 0 Å². The third kappa shape index (κ3) is 2.69. The van der Waals surface area contributed by atoms with Crippen LogP contribution >= 0.6 is 0 Å². The molecule has 1 fully saturated rings. The Morgan fingerprint density at radius 2 is 2.53 bits per heavy atom. The topological polar surface area (TPSA) is 28.2 Å². The first-order valence-electron chi connectivity index (χ1n) is 5.78. The standard InChI is InChI=1S/C12H19N3/c1-2-4-11-10-15(8-7-14-11)12-5-3-6-13-9-12/h3,5-6,9,11,14H,2,4,7-8,10H2,1H3. The number of piperazine rings is 1. The number of hydrogen-bond acceptors (Lipinski definition) is 3. The second-order valence-electron chi connectivity index (χ2n) is 4.10. The van der Waals surface area contributed by atoms with Gasteiger partial charge in [0, 0.05) is 31.9 Å². The molecule has 1 unspecified atom stereocenters. The van der Waals surface area contributed by atoms with Crippen LogP contribution in [-0.4, -0.2) is 30.7 Å². The van der Waals surface area contributed by atoms with Gasteiger partial charge in [-0.25, -0.2) is 0 Å². The van der Waals surface area contributed by atoms with Gasteiger partial charge in [0.15, 0.2) is 0 Å². The highest BCUT2D eigenvalue weighted by Gasteiger charge is 2.18. The maximum Gasteiger partial charge on any atom is 0.0553 e. The summed E-state index contributed by atoms with van der Waals surface area (Å²) in [6.07, 6.45) is 6.29. The lowest BCUT2D eigenvalue weighted by Gasteiger charge is -2.35. The monoisotopic (exact) mass is 205 g/mol. The summed E-state index contributed by atoms with van der Waals surface area (Å²) in [5.41, 5.74) is 1.25. The van der Waals surface area contributed by atoms with Crippen LogP contribution in [0, 0.1) is 0 Å². The average Bonchev–Trinajstić information content (AvgIpc) is 2.31. The van der Waals surface area contributed by atoms with E-state index in [1.807, 2.05) is 18.5 Å². The van der Waals surface area contributed by atoms with Crippen molar-refractivity contribution in [3.63, 3.8) is 0 Å². The molecule has 1 N–H and O–H groups in total. The highest BCUT2D eigenvalue weighted by atomic mass is 15.2. The van der Waals surface area contributed by atoms with Crippen molar-refractivity contribution < 1.29 is 0 Å². The lowest BCUT2D eigenvalue weighted by Crippen LogP contribution is -2.50. The van der Waals surface area contributed by atoms with Gasteiger partial charge in [0.2, 0.25) is 0 Å². The highest BCUT2D eigenvalue weighted by molar-refractivity contribution is 5.44. The van der Waals surface area contributed by atoms with Gasteiger partial charge in [-0.15, -0.1) is 0 Å². The Morgan fingerprint density at radius 1 is 1.60 bits per heavy atom. The SMILES string of the molecule is CCCC1CN(c2cccnc2)CCN1. The lowest BCUT2D eigenvalue weighted by atomic mass is 10.1. The summed E-state index contributed by atoms with van der Waals surface area (Å²) in [6.45, 7) is 5.52. The van der Waals surface area contributed by atoms with E-state index in [9.17, 15) is 0 Å². The predicted octanol–water partition coefficient (Wildman–Crippen LogP) is 1.66. The molecule has 1 aromatic rings. The Morgan fingerprint density at radius 3 is 3.27 bits per heavy atom. The Hall–Kier alpha value is -1.09. The summed E-state index contributed by atoms with van der Waals surface area (Å²) in [5.74, 6) is 0. The largest absolute Gasteiger partial charge is 0.367 e. The molecule has 0 saturated carbocycles. The van der Waals surface area contributed by atoms with Gasteiger partial charge in [-0.1, -0.05) is 13.3 Å². The van der Waals surface area contributed by atoms with Crippen LogP contribution in [-0.2, 0) is 0 Å². The molecule has 82 valence electrons. The summed E-state index contributed by atoms with van der Waals surface area (Å²) in [6, 6.07) is 4.79. The van der Waals surface area contributed by atoms with Crippen LogP contribution in [0.2, 0.25) is 0 Å². The Balaban J connectivity index is 1.98. The number of anilines is 1. The molecule has 0 aromatic carbocycles. The molecule has 3 heteroatoms. The molecular formula is C12H19N3. The van der Waals surface area contributed by atoms with Gasteiger partial charge in [-0.3, -0.25) is 4.98 Å². The summed E-state index contributed by atoms with van der Waals surface area (Å²) in [4.78, 5) is 6.59. The number of rotatable bonds is 3. The first-order chi connectivity index (χ1) is 7.40. The van der Waals surface area contributed by atoms with E-state index in [-0.39, 0.29) is 0 Å². The number of pyridine rings is 1. The van der Waals surface area contributed by atoms with Crippen LogP contribution in [0.1, 0.15) is 19.8 Å². The molecule has 15 heavy (non-hydrogen) atoms. The fourth-order valence-corrected chi connectivity index (χ4v) is 2.14. The Kier molecular flexibility index (Phi) is 3.56. The number of hydrogen-bond donors (Lipinski definition) is 1. The van der Waals surface area contributed by atoms with Crippen LogP contribution in [0.25, 0.3) is 0 Å². The van der Waals surface area contributed by atoms with E-state index in [0.717, 1.165) is 19.6 Å². The van der Waals surface area contributed by atoms with Crippen LogP contribution < -0.4 is 10.2 Å². The van der Waals surface area contributed by atoms with Crippen molar-refractivity contribution in [2.75, 3.05) is 24.5 Å². The van der Waals surface area contributed by atoms with Crippen molar-refractivity contribution in [2.45, 2.75) is 25.8 Å². The highest BCUT2D eigenvalue weighted by Crippen LogP contribution is 2.15. The lowest BCUT2D eigenvalue weighted by molar-refractivity contribution is 0.430.